The van der Waals surface area contributed by atoms with Crippen molar-refractivity contribution in [3.05, 3.63) is 52.8 Å². The number of aromatic nitrogens is 4. The lowest BCUT2D eigenvalue weighted by atomic mass is 10.1. The summed E-state index contributed by atoms with van der Waals surface area (Å²) in [6.07, 6.45) is 1.54. The molecule has 1 amide bonds. The molecule has 3 aromatic rings. The number of benzene rings is 1. The van der Waals surface area contributed by atoms with Gasteiger partial charge in [-0.05, 0) is 25.1 Å². The Balaban J connectivity index is 1.64. The molecule has 0 radical (unpaired) electrons. The predicted octanol–water partition coefficient (Wildman–Crippen LogP) is 1.45. The van der Waals surface area contributed by atoms with Gasteiger partial charge >= 0.3 is 0 Å². The number of rotatable bonds is 6. The number of nitrogens with zero attached hydrogens (tertiary/aromatic N) is 4. The van der Waals surface area contributed by atoms with E-state index in [2.05, 4.69) is 20.8 Å². The molecule has 4 rings (SSSR count). The first-order chi connectivity index (χ1) is 13.6. The van der Waals surface area contributed by atoms with Crippen LogP contribution in [0.25, 0.3) is 11.4 Å². The number of amides is 1. The van der Waals surface area contributed by atoms with E-state index >= 15 is 0 Å². The summed E-state index contributed by atoms with van der Waals surface area (Å²) < 4.78 is 5.16. The summed E-state index contributed by atoms with van der Waals surface area (Å²) in [4.78, 5) is 25.0. The molecule has 0 unspecified atom stereocenters. The highest BCUT2D eigenvalue weighted by molar-refractivity contribution is 5.93. The van der Waals surface area contributed by atoms with E-state index in [9.17, 15) is 4.79 Å². The topological polar surface area (TPSA) is 132 Å². The van der Waals surface area contributed by atoms with E-state index in [-0.39, 0.29) is 0 Å². The fourth-order valence-electron chi connectivity index (χ4n) is 3.09. The largest absolute Gasteiger partial charge is 0.366 e. The van der Waals surface area contributed by atoms with Crippen LogP contribution >= 0.6 is 0 Å². The maximum atomic E-state index is 11.3. The predicted molar refractivity (Wildman–Crippen MR) is 102 cm³/mol. The van der Waals surface area contributed by atoms with Crippen LogP contribution in [-0.4, -0.2) is 32.6 Å². The molecule has 2 aromatic heterocycles. The summed E-state index contributed by atoms with van der Waals surface area (Å²) in [6, 6.07) is 6.96. The maximum absolute atomic E-state index is 11.3. The van der Waals surface area contributed by atoms with Crippen molar-refractivity contribution in [1.29, 1.82) is 0 Å². The summed E-state index contributed by atoms with van der Waals surface area (Å²) in [7, 11) is 0. The molecule has 0 bridgehead atoms. The lowest BCUT2D eigenvalue weighted by Crippen LogP contribution is -2.26. The van der Waals surface area contributed by atoms with Gasteiger partial charge in [0.1, 0.15) is 5.82 Å². The van der Waals surface area contributed by atoms with E-state index in [4.69, 9.17) is 20.2 Å². The van der Waals surface area contributed by atoms with Crippen molar-refractivity contribution in [2.75, 3.05) is 11.9 Å². The zero-order valence-electron chi connectivity index (χ0n) is 15.5. The second-order valence-corrected chi connectivity index (χ2v) is 6.50. The third kappa shape index (κ3) is 3.70. The highest BCUT2D eigenvalue weighted by atomic mass is 16.5. The minimum absolute atomic E-state index is 0.417. The van der Waals surface area contributed by atoms with E-state index < -0.39 is 5.91 Å². The molecule has 144 valence electrons. The Bertz CT molecular complexity index is 998. The van der Waals surface area contributed by atoms with Gasteiger partial charge in [-0.1, -0.05) is 24.2 Å². The van der Waals surface area contributed by atoms with Crippen molar-refractivity contribution in [3.8, 4) is 11.4 Å². The first-order valence-electron chi connectivity index (χ1n) is 9.20. The van der Waals surface area contributed by atoms with Crippen LogP contribution in [0.5, 0.6) is 0 Å². The zero-order valence-corrected chi connectivity index (χ0v) is 15.5. The first-order valence-corrected chi connectivity index (χ1v) is 9.20. The van der Waals surface area contributed by atoms with Gasteiger partial charge in [0.25, 0.3) is 0 Å². The number of hydrogen-bond donors (Lipinski definition) is 3. The Kier molecular flexibility index (Phi) is 4.98. The number of nitrogens with two attached hydrogens (primary N) is 1. The number of hydrogen-bond acceptors (Lipinski definition) is 8. The molecule has 28 heavy (non-hydrogen) atoms. The van der Waals surface area contributed by atoms with Gasteiger partial charge in [0.15, 0.2) is 11.6 Å². The Morgan fingerprint density at radius 2 is 2.07 bits per heavy atom. The number of aryl methyl sites for hydroxylation is 1. The SMILES string of the molecule is CCc1nc(CNc2nc(-c3ccc(C(N)=O)cc3)nc3c2CCNC3)no1. The van der Waals surface area contributed by atoms with Crippen molar-refractivity contribution in [3.63, 3.8) is 0 Å². The molecular formula is C19H21N7O2. The van der Waals surface area contributed by atoms with Crippen LogP contribution < -0.4 is 16.4 Å². The average molecular weight is 379 g/mol. The average Bonchev–Trinajstić information content (AvgIpc) is 3.20. The highest BCUT2D eigenvalue weighted by Crippen LogP contribution is 2.25. The molecule has 0 spiro atoms. The number of carbonyl (C=O) groups is 1. The second kappa shape index (κ2) is 7.73. The van der Waals surface area contributed by atoms with E-state index in [0.717, 1.165) is 35.6 Å². The molecule has 0 saturated carbocycles. The molecular weight excluding hydrogens is 358 g/mol. The number of carbonyl (C=O) groups excluding carboxylic acids is 1. The molecule has 4 N–H and O–H groups in total. The van der Waals surface area contributed by atoms with Crippen LogP contribution in [0.4, 0.5) is 5.82 Å². The van der Waals surface area contributed by atoms with Gasteiger partial charge in [0.2, 0.25) is 11.8 Å². The minimum atomic E-state index is -0.462. The monoisotopic (exact) mass is 379 g/mol. The van der Waals surface area contributed by atoms with E-state index in [1.807, 2.05) is 6.92 Å². The zero-order chi connectivity index (χ0) is 19.5. The van der Waals surface area contributed by atoms with Gasteiger partial charge in [-0.3, -0.25) is 4.79 Å². The number of fused-ring (bicyclic) bond motifs is 1. The highest BCUT2D eigenvalue weighted by Gasteiger charge is 2.19. The number of primary amides is 1. The fraction of sp³-hybridized carbons (Fsp3) is 0.316. The summed E-state index contributed by atoms with van der Waals surface area (Å²) in [5.74, 6) is 2.09. The maximum Gasteiger partial charge on any atom is 0.248 e. The molecule has 0 atom stereocenters. The molecule has 1 aromatic carbocycles. The third-order valence-electron chi connectivity index (χ3n) is 4.59. The van der Waals surface area contributed by atoms with E-state index in [1.165, 1.54) is 0 Å². The van der Waals surface area contributed by atoms with Crippen molar-refractivity contribution < 1.29 is 9.32 Å². The normalized spacial score (nSPS) is 13.2. The minimum Gasteiger partial charge on any atom is -0.366 e. The van der Waals surface area contributed by atoms with Crippen LogP contribution in [0.2, 0.25) is 0 Å². The third-order valence-corrected chi connectivity index (χ3v) is 4.59. The van der Waals surface area contributed by atoms with Crippen molar-refractivity contribution in [2.45, 2.75) is 32.9 Å². The summed E-state index contributed by atoms with van der Waals surface area (Å²) >= 11 is 0. The second-order valence-electron chi connectivity index (χ2n) is 6.50. The lowest BCUT2D eigenvalue weighted by molar-refractivity contribution is 0.100. The summed E-state index contributed by atoms with van der Waals surface area (Å²) in [5, 5.41) is 10.6. The molecule has 0 saturated heterocycles. The Hall–Kier alpha value is -3.33. The lowest BCUT2D eigenvalue weighted by Gasteiger charge is -2.20. The van der Waals surface area contributed by atoms with Gasteiger partial charge in [0, 0.05) is 29.7 Å². The summed E-state index contributed by atoms with van der Waals surface area (Å²) in [6.45, 7) is 3.94. The molecule has 3 heterocycles. The van der Waals surface area contributed by atoms with Crippen LogP contribution in [0.1, 0.15) is 40.3 Å². The molecule has 9 heteroatoms. The van der Waals surface area contributed by atoms with Crippen molar-refractivity contribution in [2.24, 2.45) is 5.73 Å². The van der Waals surface area contributed by atoms with Gasteiger partial charge in [-0.2, -0.15) is 4.98 Å². The Labute approximate surface area is 161 Å². The van der Waals surface area contributed by atoms with Crippen LogP contribution in [0.15, 0.2) is 28.8 Å². The van der Waals surface area contributed by atoms with E-state index in [0.29, 0.717) is 42.6 Å². The van der Waals surface area contributed by atoms with Crippen molar-refractivity contribution in [1.82, 2.24) is 25.4 Å². The number of nitrogens with one attached hydrogen (secondary N) is 2. The number of anilines is 1. The van der Waals surface area contributed by atoms with Crippen molar-refractivity contribution >= 4 is 11.7 Å². The Morgan fingerprint density at radius 1 is 1.25 bits per heavy atom. The van der Waals surface area contributed by atoms with Gasteiger partial charge in [-0.25, -0.2) is 9.97 Å². The van der Waals surface area contributed by atoms with Crippen LogP contribution in [-0.2, 0) is 25.9 Å². The van der Waals surface area contributed by atoms with E-state index in [1.54, 1.807) is 24.3 Å². The fourth-order valence-corrected chi connectivity index (χ4v) is 3.09. The van der Waals surface area contributed by atoms with Gasteiger partial charge in [-0.15, -0.1) is 0 Å². The van der Waals surface area contributed by atoms with Gasteiger partial charge in [0.05, 0.1) is 12.2 Å². The standard InChI is InChI=1S/C19H21N7O2/c1-2-16-24-15(26-28-16)10-22-19-13-7-8-21-9-14(13)23-18(25-19)12-5-3-11(4-6-12)17(20)27/h3-6,21H,2,7-10H2,1H3,(H2,20,27)(H,22,23,25). The van der Waals surface area contributed by atoms with Crippen LogP contribution in [0.3, 0.4) is 0 Å². The first kappa shape index (κ1) is 18.1. The van der Waals surface area contributed by atoms with Gasteiger partial charge < -0.3 is 20.9 Å². The molecule has 0 fully saturated rings. The smallest absolute Gasteiger partial charge is 0.248 e. The Morgan fingerprint density at radius 3 is 2.79 bits per heavy atom. The quantitative estimate of drug-likeness (QED) is 0.586. The molecule has 0 aliphatic carbocycles. The van der Waals surface area contributed by atoms with Crippen LogP contribution in [0, 0.1) is 0 Å². The summed E-state index contributed by atoms with van der Waals surface area (Å²) in [5.41, 5.74) is 8.63. The molecule has 1 aliphatic rings. The molecule has 1 aliphatic heterocycles. The molecule has 9 nitrogen and oxygen atoms in total.